The van der Waals surface area contributed by atoms with Gasteiger partial charge in [-0.1, -0.05) is 0 Å². The second-order valence-corrected chi connectivity index (χ2v) is 4.61. The van der Waals surface area contributed by atoms with Crippen LogP contribution in [-0.2, 0) is 0 Å². The molecular weight excluding hydrogens is 347 g/mol. The fourth-order valence-electron chi connectivity index (χ4n) is 1.75. The Morgan fingerprint density at radius 1 is 0.880 bits per heavy atom. The van der Waals surface area contributed by atoms with Gasteiger partial charge in [-0.15, -0.1) is 13.2 Å². The van der Waals surface area contributed by atoms with Crippen molar-refractivity contribution in [2.24, 2.45) is 10.2 Å². The number of ether oxygens (including phenoxy) is 2. The van der Waals surface area contributed by atoms with Crippen LogP contribution in [0.5, 0.6) is 11.5 Å². The molecule has 0 N–H and O–H groups in total. The Morgan fingerprint density at radius 2 is 1.44 bits per heavy atom. The Morgan fingerprint density at radius 3 is 1.96 bits per heavy atom. The van der Waals surface area contributed by atoms with Crippen LogP contribution in [0.1, 0.15) is 11.1 Å². The zero-order valence-corrected chi connectivity index (χ0v) is 12.7. The Labute approximate surface area is 139 Å². The molecule has 2 aromatic carbocycles. The lowest BCUT2D eigenvalue weighted by Crippen LogP contribution is -2.16. The molecule has 0 fully saturated rings. The number of rotatable bonds is 5. The van der Waals surface area contributed by atoms with Gasteiger partial charge in [-0.05, 0) is 29.8 Å². The molecule has 4 nitrogen and oxygen atoms in total. The molecule has 0 bridgehead atoms. The van der Waals surface area contributed by atoms with E-state index in [9.17, 15) is 22.0 Å². The first-order valence-corrected chi connectivity index (χ1v) is 6.74. The molecule has 0 aliphatic carbocycles. The van der Waals surface area contributed by atoms with Gasteiger partial charge in [0.25, 0.3) is 0 Å². The molecule has 25 heavy (non-hydrogen) atoms. The maximum absolute atomic E-state index is 13.7. The predicted octanol–water partition coefficient (Wildman–Crippen LogP) is 4.33. The quantitative estimate of drug-likeness (QED) is 0.454. The van der Waals surface area contributed by atoms with E-state index >= 15 is 0 Å². The fraction of sp³-hybridized carbons (Fsp3) is 0.125. The third-order valence-corrected chi connectivity index (χ3v) is 2.86. The van der Waals surface area contributed by atoms with Gasteiger partial charge in [0.15, 0.2) is 0 Å². The number of benzene rings is 2. The molecular formula is C16H11F5N2O2. The lowest BCUT2D eigenvalue weighted by molar-refractivity contribution is -0.274. The smallest absolute Gasteiger partial charge is 0.497 e. The van der Waals surface area contributed by atoms with E-state index in [2.05, 4.69) is 14.9 Å². The summed E-state index contributed by atoms with van der Waals surface area (Å²) in [5.41, 5.74) is 0.0224. The molecule has 0 saturated carbocycles. The van der Waals surface area contributed by atoms with Gasteiger partial charge in [-0.2, -0.15) is 10.2 Å². The minimum Gasteiger partial charge on any atom is -0.497 e. The highest BCUT2D eigenvalue weighted by atomic mass is 19.4. The zero-order valence-electron chi connectivity index (χ0n) is 12.7. The Bertz CT molecular complexity index is 763. The molecule has 132 valence electrons. The van der Waals surface area contributed by atoms with Gasteiger partial charge in [-0.25, -0.2) is 8.78 Å². The predicted molar refractivity (Wildman–Crippen MR) is 81.2 cm³/mol. The Hall–Kier alpha value is -2.97. The fourth-order valence-corrected chi connectivity index (χ4v) is 1.75. The standard InChI is InChI=1S/C16H11F5N2O2/c1-24-12-6-14(17)13(15(18)7-12)9-23-22-8-10-2-4-11(5-3-10)25-16(19,20)21/h2-9H,1H3/b22-8-,23-9+. The summed E-state index contributed by atoms with van der Waals surface area (Å²) in [4.78, 5) is 0. The lowest BCUT2D eigenvalue weighted by atomic mass is 10.2. The van der Waals surface area contributed by atoms with E-state index in [4.69, 9.17) is 4.74 Å². The Balaban J connectivity index is 2.05. The number of hydrogen-bond acceptors (Lipinski definition) is 4. The summed E-state index contributed by atoms with van der Waals surface area (Å²) in [6, 6.07) is 6.81. The van der Waals surface area contributed by atoms with E-state index in [-0.39, 0.29) is 11.5 Å². The average molecular weight is 358 g/mol. The molecule has 2 aromatic rings. The van der Waals surface area contributed by atoms with Gasteiger partial charge in [0.1, 0.15) is 23.1 Å². The van der Waals surface area contributed by atoms with Crippen LogP contribution in [0.15, 0.2) is 46.6 Å². The minimum atomic E-state index is -4.77. The van der Waals surface area contributed by atoms with E-state index in [1.165, 1.54) is 25.5 Å². The minimum absolute atomic E-state index is 0.0248. The molecule has 0 aromatic heterocycles. The van der Waals surface area contributed by atoms with E-state index in [0.29, 0.717) is 5.56 Å². The van der Waals surface area contributed by atoms with Crippen LogP contribution in [0.2, 0.25) is 0 Å². The largest absolute Gasteiger partial charge is 0.573 e. The number of alkyl halides is 3. The summed E-state index contributed by atoms with van der Waals surface area (Å²) in [5.74, 6) is -2.10. The van der Waals surface area contributed by atoms with Crippen molar-refractivity contribution in [2.75, 3.05) is 7.11 Å². The third-order valence-electron chi connectivity index (χ3n) is 2.86. The molecule has 2 rings (SSSR count). The molecule has 0 amide bonds. The molecule has 0 heterocycles. The highest BCUT2D eigenvalue weighted by molar-refractivity contribution is 5.83. The van der Waals surface area contributed by atoms with Crippen LogP contribution in [-0.4, -0.2) is 25.9 Å². The molecule has 0 aliphatic rings. The van der Waals surface area contributed by atoms with Gasteiger partial charge >= 0.3 is 6.36 Å². The topological polar surface area (TPSA) is 43.2 Å². The first-order chi connectivity index (χ1) is 11.8. The summed E-state index contributed by atoms with van der Waals surface area (Å²) >= 11 is 0. The average Bonchev–Trinajstić information content (AvgIpc) is 2.53. The van der Waals surface area contributed by atoms with Crippen LogP contribution in [0, 0.1) is 11.6 Å². The van der Waals surface area contributed by atoms with Crippen molar-refractivity contribution in [1.29, 1.82) is 0 Å². The summed E-state index contributed by atoms with van der Waals surface area (Å²) in [7, 11) is 1.28. The van der Waals surface area contributed by atoms with Crippen molar-refractivity contribution in [3.05, 3.63) is 59.2 Å². The van der Waals surface area contributed by atoms with Gasteiger partial charge in [0.2, 0.25) is 0 Å². The summed E-state index contributed by atoms with van der Waals surface area (Å²) in [5, 5.41) is 7.09. The van der Waals surface area contributed by atoms with Crippen LogP contribution in [0.25, 0.3) is 0 Å². The molecule has 0 spiro atoms. The highest BCUT2D eigenvalue weighted by Gasteiger charge is 2.30. The van der Waals surface area contributed by atoms with Gasteiger partial charge in [-0.3, -0.25) is 0 Å². The summed E-state index contributed by atoms with van der Waals surface area (Å²) in [6.07, 6.45) is -2.69. The molecule has 0 unspecified atom stereocenters. The maximum atomic E-state index is 13.7. The zero-order chi connectivity index (χ0) is 18.4. The van der Waals surface area contributed by atoms with Crippen molar-refractivity contribution < 1.29 is 31.4 Å². The summed E-state index contributed by atoms with van der Waals surface area (Å²) < 4.78 is 71.8. The number of nitrogens with zero attached hydrogens (tertiary/aromatic N) is 2. The van der Waals surface area contributed by atoms with Crippen molar-refractivity contribution >= 4 is 12.4 Å². The van der Waals surface area contributed by atoms with Crippen molar-refractivity contribution in [3.63, 3.8) is 0 Å². The Kier molecular flexibility index (Phi) is 5.68. The SMILES string of the molecule is COc1cc(F)c(/C=N/N=C\c2ccc(OC(F)(F)F)cc2)c(F)c1. The van der Waals surface area contributed by atoms with Crippen LogP contribution >= 0.6 is 0 Å². The monoisotopic (exact) mass is 358 g/mol. The normalized spacial score (nSPS) is 12.1. The molecule has 0 atom stereocenters. The van der Waals surface area contributed by atoms with Crippen LogP contribution in [0.4, 0.5) is 22.0 Å². The molecule has 9 heteroatoms. The second kappa shape index (κ2) is 7.73. The highest BCUT2D eigenvalue weighted by Crippen LogP contribution is 2.22. The molecule has 0 aliphatic heterocycles. The number of halogens is 5. The van der Waals surface area contributed by atoms with E-state index in [0.717, 1.165) is 30.5 Å². The van der Waals surface area contributed by atoms with E-state index < -0.39 is 23.6 Å². The van der Waals surface area contributed by atoms with Gasteiger partial charge in [0.05, 0.1) is 25.1 Å². The lowest BCUT2D eigenvalue weighted by Gasteiger charge is -2.08. The third kappa shape index (κ3) is 5.55. The number of methoxy groups -OCH3 is 1. The van der Waals surface area contributed by atoms with Crippen molar-refractivity contribution in [1.82, 2.24) is 0 Å². The number of hydrogen-bond donors (Lipinski definition) is 0. The van der Waals surface area contributed by atoms with Gasteiger partial charge in [0, 0.05) is 12.1 Å². The first-order valence-electron chi connectivity index (χ1n) is 6.74. The molecule has 0 saturated heterocycles. The van der Waals surface area contributed by atoms with E-state index in [1.54, 1.807) is 0 Å². The van der Waals surface area contributed by atoms with Crippen LogP contribution in [0.3, 0.4) is 0 Å². The van der Waals surface area contributed by atoms with Gasteiger partial charge < -0.3 is 9.47 Å². The van der Waals surface area contributed by atoms with Crippen LogP contribution < -0.4 is 9.47 Å². The maximum Gasteiger partial charge on any atom is 0.573 e. The van der Waals surface area contributed by atoms with Crippen molar-refractivity contribution in [3.8, 4) is 11.5 Å². The second-order valence-electron chi connectivity index (χ2n) is 4.61. The summed E-state index contributed by atoms with van der Waals surface area (Å²) in [6.45, 7) is 0. The molecule has 0 radical (unpaired) electrons. The van der Waals surface area contributed by atoms with Crippen molar-refractivity contribution in [2.45, 2.75) is 6.36 Å². The first kappa shape index (κ1) is 18.4. The van der Waals surface area contributed by atoms with E-state index in [1.807, 2.05) is 0 Å².